The maximum absolute atomic E-state index is 14.1. The van der Waals surface area contributed by atoms with Crippen molar-refractivity contribution in [3.05, 3.63) is 70.9 Å². The Morgan fingerprint density at radius 2 is 1.94 bits per heavy atom. The molecule has 1 fully saturated rings. The van der Waals surface area contributed by atoms with Crippen LogP contribution in [-0.4, -0.2) is 48.6 Å². The van der Waals surface area contributed by atoms with E-state index in [1.807, 2.05) is 25.1 Å². The minimum absolute atomic E-state index is 0.143. The highest BCUT2D eigenvalue weighted by atomic mass is 32.2. The SMILES string of the molecule is CC[C@H]1CN2CCc3c(n(S(=O)(=O)c4ccc(C)cc4)c4cccc(OC)c34)[C@@H]2CC1=CC(=O)O. The van der Waals surface area contributed by atoms with Crippen LogP contribution in [0.15, 0.2) is 59.0 Å². The summed E-state index contributed by atoms with van der Waals surface area (Å²) in [6, 6.07) is 12.2. The number of nitrogens with zero attached hydrogens (tertiary/aromatic N) is 2. The summed E-state index contributed by atoms with van der Waals surface area (Å²) in [6.07, 6.45) is 3.35. The molecule has 5 rings (SSSR count). The molecule has 1 aromatic heterocycles. The summed E-state index contributed by atoms with van der Waals surface area (Å²) < 4.78 is 35.4. The van der Waals surface area contributed by atoms with E-state index >= 15 is 0 Å². The molecule has 3 aromatic rings. The minimum atomic E-state index is -3.92. The Morgan fingerprint density at radius 1 is 1.20 bits per heavy atom. The van der Waals surface area contributed by atoms with Crippen LogP contribution in [0.1, 0.15) is 42.6 Å². The molecule has 0 aliphatic carbocycles. The molecule has 0 amide bonds. The van der Waals surface area contributed by atoms with E-state index in [0.717, 1.165) is 40.7 Å². The second-order valence-corrected chi connectivity index (χ2v) is 11.2. The Labute approximate surface area is 205 Å². The first-order valence-electron chi connectivity index (χ1n) is 12.0. The number of carboxylic acid groups (broad SMARTS) is 1. The Balaban J connectivity index is 1.79. The average molecular weight is 495 g/mol. The Kier molecular flexibility index (Phi) is 5.97. The zero-order valence-electron chi connectivity index (χ0n) is 20.2. The Morgan fingerprint density at radius 3 is 2.60 bits per heavy atom. The highest BCUT2D eigenvalue weighted by Gasteiger charge is 2.41. The normalized spacial score (nSPS) is 21.6. The lowest BCUT2D eigenvalue weighted by Crippen LogP contribution is -2.44. The summed E-state index contributed by atoms with van der Waals surface area (Å²) in [5.74, 6) is -0.170. The summed E-state index contributed by atoms with van der Waals surface area (Å²) in [6.45, 7) is 5.49. The zero-order chi connectivity index (χ0) is 24.9. The molecular weight excluding hydrogens is 464 g/mol. The van der Waals surface area contributed by atoms with Crippen molar-refractivity contribution in [3.63, 3.8) is 0 Å². The number of methoxy groups -OCH3 is 1. The number of piperidine rings is 1. The number of aromatic nitrogens is 1. The fourth-order valence-corrected chi connectivity index (χ4v) is 7.34. The number of hydrogen-bond donors (Lipinski definition) is 1. The first kappa shape index (κ1) is 23.6. The largest absolute Gasteiger partial charge is 0.496 e. The van der Waals surface area contributed by atoms with Crippen molar-refractivity contribution < 1.29 is 23.1 Å². The molecule has 1 N–H and O–H groups in total. The molecule has 0 spiro atoms. The lowest BCUT2D eigenvalue weighted by atomic mass is 9.81. The van der Waals surface area contributed by atoms with Gasteiger partial charge in [0.25, 0.3) is 10.0 Å². The molecule has 7 nitrogen and oxygen atoms in total. The van der Waals surface area contributed by atoms with E-state index in [1.54, 1.807) is 31.4 Å². The van der Waals surface area contributed by atoms with Crippen molar-refractivity contribution in [2.75, 3.05) is 20.2 Å². The van der Waals surface area contributed by atoms with Crippen molar-refractivity contribution in [1.82, 2.24) is 8.87 Å². The summed E-state index contributed by atoms with van der Waals surface area (Å²) in [4.78, 5) is 14.1. The van der Waals surface area contributed by atoms with Crippen LogP contribution in [-0.2, 0) is 21.2 Å². The third kappa shape index (κ3) is 3.85. The molecule has 0 unspecified atom stereocenters. The molecule has 3 heterocycles. The van der Waals surface area contributed by atoms with Gasteiger partial charge < -0.3 is 9.84 Å². The van der Waals surface area contributed by atoms with Crippen molar-refractivity contribution in [1.29, 1.82) is 0 Å². The van der Waals surface area contributed by atoms with Crippen LogP contribution in [0, 0.1) is 12.8 Å². The predicted octanol–water partition coefficient (Wildman–Crippen LogP) is 4.54. The van der Waals surface area contributed by atoms with E-state index in [9.17, 15) is 18.3 Å². The van der Waals surface area contributed by atoms with Gasteiger partial charge in [0.1, 0.15) is 5.75 Å². The van der Waals surface area contributed by atoms with Gasteiger partial charge >= 0.3 is 5.97 Å². The fourth-order valence-electron chi connectivity index (χ4n) is 5.75. The van der Waals surface area contributed by atoms with Crippen LogP contribution < -0.4 is 4.74 Å². The molecule has 2 atom stereocenters. The van der Waals surface area contributed by atoms with Gasteiger partial charge in [-0.3, -0.25) is 4.90 Å². The lowest BCUT2D eigenvalue weighted by Gasteiger charge is -2.44. The second-order valence-electron chi connectivity index (χ2n) is 9.43. The summed E-state index contributed by atoms with van der Waals surface area (Å²) in [5.41, 5.74) is 4.14. The molecule has 1 saturated heterocycles. The van der Waals surface area contributed by atoms with E-state index < -0.39 is 16.0 Å². The average Bonchev–Trinajstić information content (AvgIpc) is 3.19. The first-order valence-corrected chi connectivity index (χ1v) is 13.4. The molecule has 184 valence electrons. The number of hydrogen-bond acceptors (Lipinski definition) is 5. The molecule has 2 aliphatic heterocycles. The predicted molar refractivity (Wildman–Crippen MR) is 134 cm³/mol. The van der Waals surface area contributed by atoms with E-state index in [4.69, 9.17) is 4.74 Å². The molecule has 0 radical (unpaired) electrons. The number of benzene rings is 2. The van der Waals surface area contributed by atoms with Crippen molar-refractivity contribution >= 4 is 26.9 Å². The van der Waals surface area contributed by atoms with Crippen molar-refractivity contribution in [2.24, 2.45) is 5.92 Å². The van der Waals surface area contributed by atoms with Crippen LogP contribution in [0.25, 0.3) is 10.9 Å². The fraction of sp³-hybridized carbons (Fsp3) is 0.370. The third-order valence-electron chi connectivity index (χ3n) is 7.45. The Hall–Kier alpha value is -3.10. The van der Waals surface area contributed by atoms with Gasteiger partial charge in [0, 0.05) is 24.6 Å². The number of aliphatic carboxylic acids is 1. The van der Waals surface area contributed by atoms with Gasteiger partial charge in [-0.05, 0) is 61.9 Å². The molecule has 2 aromatic carbocycles. The molecule has 35 heavy (non-hydrogen) atoms. The van der Waals surface area contributed by atoms with E-state index in [0.29, 0.717) is 30.7 Å². The van der Waals surface area contributed by atoms with Crippen molar-refractivity contribution in [3.8, 4) is 5.75 Å². The number of rotatable bonds is 5. The first-order chi connectivity index (χ1) is 16.8. The van der Waals surface area contributed by atoms with Gasteiger partial charge in [-0.25, -0.2) is 17.2 Å². The van der Waals surface area contributed by atoms with Gasteiger partial charge in [0.2, 0.25) is 0 Å². The quantitative estimate of drug-likeness (QED) is 0.524. The molecule has 8 heteroatoms. The van der Waals surface area contributed by atoms with E-state index in [2.05, 4.69) is 11.8 Å². The zero-order valence-corrected chi connectivity index (χ0v) is 21.0. The monoisotopic (exact) mass is 494 g/mol. The van der Waals surface area contributed by atoms with Crippen LogP contribution in [0.3, 0.4) is 0 Å². The molecule has 2 aliphatic rings. The number of ether oxygens (including phenoxy) is 1. The minimum Gasteiger partial charge on any atom is -0.496 e. The highest BCUT2D eigenvalue weighted by molar-refractivity contribution is 7.90. The lowest BCUT2D eigenvalue weighted by molar-refractivity contribution is -0.131. The Bertz CT molecular complexity index is 1440. The van der Waals surface area contributed by atoms with Crippen LogP contribution in [0.4, 0.5) is 0 Å². The van der Waals surface area contributed by atoms with Gasteiger partial charge in [-0.2, -0.15) is 0 Å². The maximum atomic E-state index is 14.1. The summed E-state index contributed by atoms with van der Waals surface area (Å²) in [5, 5.41) is 10.3. The number of aryl methyl sites for hydroxylation is 1. The van der Waals surface area contributed by atoms with Gasteiger partial charge in [0.05, 0.1) is 29.3 Å². The van der Waals surface area contributed by atoms with E-state index in [1.165, 1.54) is 10.0 Å². The van der Waals surface area contributed by atoms with Gasteiger partial charge in [-0.1, -0.05) is 36.3 Å². The second kappa shape index (κ2) is 8.84. The summed E-state index contributed by atoms with van der Waals surface area (Å²) >= 11 is 0. The van der Waals surface area contributed by atoms with E-state index in [-0.39, 0.29) is 16.9 Å². The standard InChI is InChI=1S/C27H30N2O5S/c1-4-18-16-28-13-12-21-26-22(6-5-7-24(26)34-3)29(27(21)23(28)14-19(18)15-25(30)31)35(32,33)20-10-8-17(2)9-11-20/h5-11,15,18,23H,4,12-14,16H2,1-3H3,(H,30,31)/t18-,23-/m0/s1. The molecule has 0 bridgehead atoms. The van der Waals surface area contributed by atoms with Crippen LogP contribution >= 0.6 is 0 Å². The van der Waals surface area contributed by atoms with Crippen molar-refractivity contribution in [2.45, 2.75) is 44.0 Å². The number of fused-ring (bicyclic) bond motifs is 5. The maximum Gasteiger partial charge on any atom is 0.328 e. The third-order valence-corrected chi connectivity index (χ3v) is 9.19. The van der Waals surface area contributed by atoms with Gasteiger partial charge in [-0.15, -0.1) is 0 Å². The number of carbonyl (C=O) groups is 1. The highest BCUT2D eigenvalue weighted by Crippen LogP contribution is 2.47. The summed E-state index contributed by atoms with van der Waals surface area (Å²) in [7, 11) is -2.32. The smallest absolute Gasteiger partial charge is 0.328 e. The molecular formula is C27H30N2O5S. The number of carboxylic acids is 1. The van der Waals surface area contributed by atoms with Crippen LogP contribution in [0.2, 0.25) is 0 Å². The van der Waals surface area contributed by atoms with Crippen LogP contribution in [0.5, 0.6) is 5.75 Å². The van der Waals surface area contributed by atoms with Gasteiger partial charge in [0.15, 0.2) is 0 Å². The molecule has 0 saturated carbocycles. The topological polar surface area (TPSA) is 88.8 Å².